The van der Waals surface area contributed by atoms with Gasteiger partial charge in [-0.25, -0.2) is 0 Å². The molecule has 2 fully saturated rings. The zero-order chi connectivity index (χ0) is 19.9. The molecule has 0 aromatic heterocycles. The van der Waals surface area contributed by atoms with Gasteiger partial charge in [0.05, 0.1) is 13.2 Å². The first-order valence-corrected chi connectivity index (χ1v) is 11.0. The Hall–Kier alpha value is -1.59. The lowest BCUT2D eigenvalue weighted by molar-refractivity contribution is -0.00834. The number of benzene rings is 1. The number of ether oxygens (including phenoxy) is 1. The number of hydrogen-bond acceptors (Lipinski definition) is 3. The van der Waals surface area contributed by atoms with Crippen molar-refractivity contribution < 1.29 is 4.74 Å². The van der Waals surface area contributed by atoms with Gasteiger partial charge in [-0.3, -0.25) is 4.99 Å². The summed E-state index contributed by atoms with van der Waals surface area (Å²) < 4.78 is 6.12. The Morgan fingerprint density at radius 1 is 1.21 bits per heavy atom. The molecule has 5 nitrogen and oxygen atoms in total. The quantitative estimate of drug-likeness (QED) is 0.622. The van der Waals surface area contributed by atoms with Crippen LogP contribution in [0.15, 0.2) is 23.2 Å². The van der Waals surface area contributed by atoms with Crippen LogP contribution in [0.1, 0.15) is 49.0 Å². The minimum absolute atomic E-state index is 0.118. The summed E-state index contributed by atoms with van der Waals surface area (Å²) in [6.07, 6.45) is 3.95. The maximum Gasteiger partial charge on any atom is 0.194 e. The lowest BCUT2D eigenvalue weighted by atomic mass is 9.94. The monoisotopic (exact) mass is 386 g/mol. The summed E-state index contributed by atoms with van der Waals surface area (Å²) in [6.45, 7) is 13.3. The molecule has 0 bridgehead atoms. The third kappa shape index (κ3) is 5.71. The number of piperidine rings is 1. The van der Waals surface area contributed by atoms with Gasteiger partial charge in [-0.15, -0.1) is 0 Å². The SMILES string of the molecule is CCNC(=NCCC1CCN(C)CC1)N1CCOC(c2ccc(C)cc2C)C1. The molecule has 0 radical (unpaired) electrons. The van der Waals surface area contributed by atoms with Crippen LogP contribution in [0, 0.1) is 19.8 Å². The first-order valence-electron chi connectivity index (χ1n) is 11.0. The normalized spacial score (nSPS) is 22.5. The molecule has 1 unspecified atom stereocenters. The fourth-order valence-corrected chi connectivity index (χ4v) is 4.35. The molecule has 0 spiro atoms. The van der Waals surface area contributed by atoms with E-state index in [0.717, 1.165) is 44.7 Å². The van der Waals surface area contributed by atoms with E-state index >= 15 is 0 Å². The Labute approximate surface area is 171 Å². The van der Waals surface area contributed by atoms with E-state index in [2.05, 4.69) is 61.1 Å². The lowest BCUT2D eigenvalue weighted by Gasteiger charge is -2.36. The second kappa shape index (κ2) is 10.3. The number of morpholine rings is 1. The molecule has 3 rings (SSSR count). The molecule has 2 aliphatic heterocycles. The van der Waals surface area contributed by atoms with Gasteiger partial charge < -0.3 is 19.9 Å². The van der Waals surface area contributed by atoms with Crippen LogP contribution in [0.25, 0.3) is 0 Å². The van der Waals surface area contributed by atoms with Crippen molar-refractivity contribution in [2.75, 3.05) is 52.9 Å². The van der Waals surface area contributed by atoms with Crippen molar-refractivity contribution in [3.8, 4) is 0 Å². The van der Waals surface area contributed by atoms with E-state index < -0.39 is 0 Å². The smallest absolute Gasteiger partial charge is 0.194 e. The van der Waals surface area contributed by atoms with E-state index in [1.807, 2.05) is 0 Å². The number of rotatable bonds is 5. The molecule has 1 aromatic rings. The molecule has 2 heterocycles. The number of guanidine groups is 1. The summed E-state index contributed by atoms with van der Waals surface area (Å²) in [5, 5.41) is 3.51. The Kier molecular flexibility index (Phi) is 7.74. The number of aliphatic imine (C=N–C) groups is 1. The predicted octanol–water partition coefficient (Wildman–Crippen LogP) is 3.37. The number of nitrogens with one attached hydrogen (secondary N) is 1. The second-order valence-corrected chi connectivity index (χ2v) is 8.44. The molecular weight excluding hydrogens is 348 g/mol. The molecule has 156 valence electrons. The van der Waals surface area contributed by atoms with Gasteiger partial charge in [0.25, 0.3) is 0 Å². The van der Waals surface area contributed by atoms with Crippen LogP contribution in [0.4, 0.5) is 0 Å². The average molecular weight is 387 g/mol. The van der Waals surface area contributed by atoms with E-state index in [1.54, 1.807) is 0 Å². The van der Waals surface area contributed by atoms with E-state index in [1.165, 1.54) is 49.0 Å². The van der Waals surface area contributed by atoms with Crippen molar-refractivity contribution in [3.63, 3.8) is 0 Å². The largest absolute Gasteiger partial charge is 0.370 e. The van der Waals surface area contributed by atoms with Crippen molar-refractivity contribution in [1.82, 2.24) is 15.1 Å². The molecule has 0 saturated carbocycles. The molecular formula is C23H38N4O. The van der Waals surface area contributed by atoms with E-state index in [4.69, 9.17) is 9.73 Å². The van der Waals surface area contributed by atoms with Crippen LogP contribution in [-0.2, 0) is 4.74 Å². The number of nitrogens with zero attached hydrogens (tertiary/aromatic N) is 3. The zero-order valence-electron chi connectivity index (χ0n) is 18.2. The first-order chi connectivity index (χ1) is 13.6. The Bertz CT molecular complexity index is 652. The minimum atomic E-state index is 0.118. The summed E-state index contributed by atoms with van der Waals surface area (Å²) >= 11 is 0. The third-order valence-corrected chi connectivity index (χ3v) is 6.11. The van der Waals surface area contributed by atoms with Crippen LogP contribution in [-0.4, -0.2) is 68.7 Å². The fraction of sp³-hybridized carbons (Fsp3) is 0.696. The van der Waals surface area contributed by atoms with E-state index in [9.17, 15) is 0 Å². The van der Waals surface area contributed by atoms with Gasteiger partial charge >= 0.3 is 0 Å². The molecule has 1 aromatic carbocycles. The van der Waals surface area contributed by atoms with Crippen molar-refractivity contribution in [3.05, 3.63) is 34.9 Å². The minimum Gasteiger partial charge on any atom is -0.370 e. The van der Waals surface area contributed by atoms with Crippen LogP contribution in [0.3, 0.4) is 0 Å². The summed E-state index contributed by atoms with van der Waals surface area (Å²) in [5.41, 5.74) is 3.92. The van der Waals surface area contributed by atoms with Crippen molar-refractivity contribution in [2.24, 2.45) is 10.9 Å². The van der Waals surface area contributed by atoms with Crippen LogP contribution in [0.5, 0.6) is 0 Å². The van der Waals surface area contributed by atoms with Gasteiger partial charge in [0.2, 0.25) is 0 Å². The van der Waals surface area contributed by atoms with E-state index in [0.29, 0.717) is 0 Å². The van der Waals surface area contributed by atoms with Gasteiger partial charge in [0.15, 0.2) is 5.96 Å². The van der Waals surface area contributed by atoms with Gasteiger partial charge in [-0.2, -0.15) is 0 Å². The van der Waals surface area contributed by atoms with Crippen LogP contribution < -0.4 is 5.32 Å². The highest BCUT2D eigenvalue weighted by atomic mass is 16.5. The predicted molar refractivity (Wildman–Crippen MR) is 117 cm³/mol. The molecule has 2 saturated heterocycles. The molecule has 0 amide bonds. The standard InChI is InChI=1S/C23H38N4O/c1-5-24-23(25-11-8-20-9-12-26(4)13-10-20)27-14-15-28-22(17-27)21-7-6-18(2)16-19(21)3/h6-7,16,20,22H,5,8-15,17H2,1-4H3,(H,24,25). The lowest BCUT2D eigenvalue weighted by Crippen LogP contribution is -2.48. The third-order valence-electron chi connectivity index (χ3n) is 6.11. The highest BCUT2D eigenvalue weighted by molar-refractivity contribution is 5.80. The number of aryl methyl sites for hydroxylation is 2. The highest BCUT2D eigenvalue weighted by Gasteiger charge is 2.25. The second-order valence-electron chi connectivity index (χ2n) is 8.44. The zero-order valence-corrected chi connectivity index (χ0v) is 18.2. The van der Waals surface area contributed by atoms with Crippen LogP contribution in [0.2, 0.25) is 0 Å². The average Bonchev–Trinajstić information content (AvgIpc) is 2.69. The topological polar surface area (TPSA) is 40.1 Å². The first kappa shape index (κ1) is 21.1. The fourth-order valence-electron chi connectivity index (χ4n) is 4.35. The Morgan fingerprint density at radius 3 is 2.71 bits per heavy atom. The molecule has 0 aliphatic carbocycles. The van der Waals surface area contributed by atoms with Gasteiger partial charge in [0.1, 0.15) is 6.10 Å². The van der Waals surface area contributed by atoms with Crippen molar-refractivity contribution in [2.45, 2.75) is 46.1 Å². The summed E-state index contributed by atoms with van der Waals surface area (Å²) in [5.74, 6) is 1.88. The molecule has 5 heteroatoms. The summed E-state index contributed by atoms with van der Waals surface area (Å²) in [7, 11) is 2.22. The van der Waals surface area contributed by atoms with Crippen LogP contribution >= 0.6 is 0 Å². The van der Waals surface area contributed by atoms with E-state index in [-0.39, 0.29) is 6.10 Å². The highest BCUT2D eigenvalue weighted by Crippen LogP contribution is 2.26. The Morgan fingerprint density at radius 2 is 2.00 bits per heavy atom. The molecule has 1 atom stereocenters. The van der Waals surface area contributed by atoms with Gasteiger partial charge in [-0.05, 0) is 77.2 Å². The summed E-state index contributed by atoms with van der Waals surface area (Å²) in [4.78, 5) is 9.79. The molecule has 28 heavy (non-hydrogen) atoms. The molecule has 1 N–H and O–H groups in total. The van der Waals surface area contributed by atoms with Crippen molar-refractivity contribution >= 4 is 5.96 Å². The Balaban J connectivity index is 1.60. The number of likely N-dealkylation sites (tertiary alicyclic amines) is 1. The van der Waals surface area contributed by atoms with Crippen molar-refractivity contribution in [1.29, 1.82) is 0 Å². The summed E-state index contributed by atoms with van der Waals surface area (Å²) in [6, 6.07) is 6.66. The molecule has 2 aliphatic rings. The van der Waals surface area contributed by atoms with Gasteiger partial charge in [-0.1, -0.05) is 23.8 Å². The van der Waals surface area contributed by atoms with Gasteiger partial charge in [0, 0.05) is 19.6 Å². The number of hydrogen-bond donors (Lipinski definition) is 1. The maximum absolute atomic E-state index is 6.12. The maximum atomic E-state index is 6.12.